The maximum Gasteiger partial charge on any atom is 0.0470 e. The molecule has 0 saturated carbocycles. The second-order valence-corrected chi connectivity index (χ2v) is 6.18. The minimum Gasteiger partial charge on any atom is -0.355 e. The van der Waals surface area contributed by atoms with Gasteiger partial charge in [-0.1, -0.05) is 66.2 Å². The number of hydrogen-bond acceptors (Lipinski definition) is 1. The van der Waals surface area contributed by atoms with E-state index in [0.29, 0.717) is 0 Å². The molecule has 0 fully saturated rings. The van der Waals surface area contributed by atoms with Gasteiger partial charge in [0.15, 0.2) is 0 Å². The highest BCUT2D eigenvalue weighted by Crippen LogP contribution is 2.34. The third-order valence-corrected chi connectivity index (χ3v) is 4.35. The van der Waals surface area contributed by atoms with Crippen molar-refractivity contribution >= 4 is 33.7 Å². The fraction of sp³-hybridized carbons (Fsp3) is 0. The predicted molar refractivity (Wildman–Crippen MR) is 104 cm³/mol. The van der Waals surface area contributed by atoms with Crippen LogP contribution in [0.2, 0.25) is 5.02 Å². The zero-order valence-electron chi connectivity index (χ0n) is 13.0. The van der Waals surface area contributed by atoms with Gasteiger partial charge in [0.1, 0.15) is 0 Å². The number of rotatable bonds is 3. The summed E-state index contributed by atoms with van der Waals surface area (Å²) in [5, 5.41) is 6.72. The standard InChI is InChI=1S/C22H16ClN/c23-19-10-12-20(13-11-19)24-22-15-18-9-5-4-8-17(18)14-21(22)16-6-2-1-3-7-16/h1-15,24H. The highest BCUT2D eigenvalue weighted by molar-refractivity contribution is 6.30. The van der Waals surface area contributed by atoms with Gasteiger partial charge in [-0.05, 0) is 52.7 Å². The number of halogens is 1. The van der Waals surface area contributed by atoms with E-state index in [2.05, 4.69) is 66.0 Å². The number of benzene rings is 4. The Morgan fingerprint density at radius 3 is 1.96 bits per heavy atom. The Morgan fingerprint density at radius 1 is 0.625 bits per heavy atom. The molecule has 4 aromatic rings. The molecule has 0 aliphatic heterocycles. The Kier molecular flexibility index (Phi) is 3.94. The van der Waals surface area contributed by atoms with Crippen molar-refractivity contribution in [3.8, 4) is 11.1 Å². The first-order chi connectivity index (χ1) is 11.8. The maximum absolute atomic E-state index is 5.99. The predicted octanol–water partition coefficient (Wildman–Crippen LogP) is 6.90. The van der Waals surface area contributed by atoms with Gasteiger partial charge in [0.2, 0.25) is 0 Å². The van der Waals surface area contributed by atoms with Crippen LogP contribution in [0.5, 0.6) is 0 Å². The van der Waals surface area contributed by atoms with Gasteiger partial charge in [-0.25, -0.2) is 0 Å². The van der Waals surface area contributed by atoms with Crippen LogP contribution in [0.3, 0.4) is 0 Å². The first-order valence-electron chi connectivity index (χ1n) is 7.90. The Morgan fingerprint density at radius 2 is 1.25 bits per heavy atom. The molecule has 0 aliphatic carbocycles. The molecule has 1 N–H and O–H groups in total. The molecule has 0 atom stereocenters. The average molecular weight is 330 g/mol. The summed E-state index contributed by atoms with van der Waals surface area (Å²) in [7, 11) is 0. The summed E-state index contributed by atoms with van der Waals surface area (Å²) in [4.78, 5) is 0. The second kappa shape index (κ2) is 6.38. The van der Waals surface area contributed by atoms with Crippen molar-refractivity contribution in [3.05, 3.63) is 96.0 Å². The summed E-state index contributed by atoms with van der Waals surface area (Å²) in [6, 6.07) is 31.1. The van der Waals surface area contributed by atoms with Crippen molar-refractivity contribution in [2.45, 2.75) is 0 Å². The monoisotopic (exact) mass is 329 g/mol. The second-order valence-electron chi connectivity index (χ2n) is 5.74. The lowest BCUT2D eigenvalue weighted by Gasteiger charge is -2.14. The molecule has 0 bridgehead atoms. The van der Waals surface area contributed by atoms with Gasteiger partial charge in [0.25, 0.3) is 0 Å². The van der Waals surface area contributed by atoms with Crippen LogP contribution in [0, 0.1) is 0 Å². The summed E-state index contributed by atoms with van der Waals surface area (Å²) < 4.78 is 0. The van der Waals surface area contributed by atoms with Crippen LogP contribution in [0.1, 0.15) is 0 Å². The molecule has 0 radical (unpaired) electrons. The van der Waals surface area contributed by atoms with E-state index in [1.54, 1.807) is 0 Å². The van der Waals surface area contributed by atoms with Crippen LogP contribution in [0.15, 0.2) is 91.0 Å². The van der Waals surface area contributed by atoms with Crippen molar-refractivity contribution in [2.75, 3.05) is 5.32 Å². The lowest BCUT2D eigenvalue weighted by atomic mass is 9.99. The molecule has 0 aromatic heterocycles. The first kappa shape index (κ1) is 14.8. The normalized spacial score (nSPS) is 10.7. The molecule has 0 spiro atoms. The third-order valence-electron chi connectivity index (χ3n) is 4.09. The van der Waals surface area contributed by atoms with Crippen molar-refractivity contribution < 1.29 is 0 Å². The number of nitrogens with one attached hydrogen (secondary N) is 1. The molecular formula is C22H16ClN. The minimum atomic E-state index is 0.738. The molecule has 0 saturated heterocycles. The van der Waals surface area contributed by atoms with Crippen LogP contribution in [0.4, 0.5) is 11.4 Å². The highest BCUT2D eigenvalue weighted by Gasteiger charge is 2.08. The summed E-state index contributed by atoms with van der Waals surface area (Å²) in [6.07, 6.45) is 0. The lowest BCUT2D eigenvalue weighted by Crippen LogP contribution is -1.94. The Bertz CT molecular complexity index is 976. The molecule has 0 heterocycles. The van der Waals surface area contributed by atoms with Crippen LogP contribution in [-0.4, -0.2) is 0 Å². The molecule has 24 heavy (non-hydrogen) atoms. The van der Waals surface area contributed by atoms with Crippen molar-refractivity contribution in [2.24, 2.45) is 0 Å². The van der Waals surface area contributed by atoms with Gasteiger partial charge in [0.05, 0.1) is 0 Å². The van der Waals surface area contributed by atoms with Crippen molar-refractivity contribution in [1.29, 1.82) is 0 Å². The van der Waals surface area contributed by atoms with Gasteiger partial charge in [0, 0.05) is 22.0 Å². The molecule has 0 aliphatic rings. The zero-order chi connectivity index (χ0) is 16.4. The van der Waals surface area contributed by atoms with Crippen LogP contribution >= 0.6 is 11.6 Å². The molecule has 0 unspecified atom stereocenters. The molecule has 2 heteroatoms. The van der Waals surface area contributed by atoms with Crippen molar-refractivity contribution in [3.63, 3.8) is 0 Å². The molecular weight excluding hydrogens is 314 g/mol. The number of hydrogen-bond donors (Lipinski definition) is 1. The first-order valence-corrected chi connectivity index (χ1v) is 8.28. The fourth-order valence-electron chi connectivity index (χ4n) is 2.89. The van der Waals surface area contributed by atoms with Crippen LogP contribution in [0.25, 0.3) is 21.9 Å². The van der Waals surface area contributed by atoms with E-state index < -0.39 is 0 Å². The average Bonchev–Trinajstić information content (AvgIpc) is 2.64. The van der Waals surface area contributed by atoms with E-state index in [1.807, 2.05) is 30.3 Å². The third kappa shape index (κ3) is 2.99. The zero-order valence-corrected chi connectivity index (χ0v) is 13.8. The fourth-order valence-corrected chi connectivity index (χ4v) is 3.01. The van der Waals surface area contributed by atoms with E-state index in [9.17, 15) is 0 Å². The SMILES string of the molecule is Clc1ccc(Nc2cc3ccccc3cc2-c2ccccc2)cc1. The highest BCUT2D eigenvalue weighted by atomic mass is 35.5. The van der Waals surface area contributed by atoms with Crippen LogP contribution in [-0.2, 0) is 0 Å². The minimum absolute atomic E-state index is 0.738. The van der Waals surface area contributed by atoms with Gasteiger partial charge in [-0.3, -0.25) is 0 Å². The summed E-state index contributed by atoms with van der Waals surface area (Å²) in [5.41, 5.74) is 4.48. The van der Waals surface area contributed by atoms with E-state index in [4.69, 9.17) is 11.6 Å². The molecule has 4 aromatic carbocycles. The molecule has 0 amide bonds. The van der Waals surface area contributed by atoms with E-state index in [0.717, 1.165) is 16.4 Å². The largest absolute Gasteiger partial charge is 0.355 e. The smallest absolute Gasteiger partial charge is 0.0470 e. The van der Waals surface area contributed by atoms with E-state index >= 15 is 0 Å². The quantitative estimate of drug-likeness (QED) is 0.431. The number of anilines is 2. The van der Waals surface area contributed by atoms with Crippen LogP contribution < -0.4 is 5.32 Å². The Balaban J connectivity index is 1.86. The van der Waals surface area contributed by atoms with Gasteiger partial charge < -0.3 is 5.32 Å². The Labute approximate surface area is 146 Å². The molecule has 116 valence electrons. The lowest BCUT2D eigenvalue weighted by molar-refractivity contribution is 1.55. The van der Waals surface area contributed by atoms with Gasteiger partial charge in [-0.15, -0.1) is 0 Å². The Hall–Kier alpha value is -2.77. The van der Waals surface area contributed by atoms with Crippen molar-refractivity contribution in [1.82, 2.24) is 0 Å². The van der Waals surface area contributed by atoms with Gasteiger partial charge >= 0.3 is 0 Å². The number of fused-ring (bicyclic) bond motifs is 1. The summed E-state index contributed by atoms with van der Waals surface area (Å²) >= 11 is 5.99. The molecule has 1 nitrogen and oxygen atoms in total. The van der Waals surface area contributed by atoms with E-state index in [1.165, 1.54) is 21.9 Å². The summed E-state index contributed by atoms with van der Waals surface area (Å²) in [6.45, 7) is 0. The topological polar surface area (TPSA) is 12.0 Å². The maximum atomic E-state index is 5.99. The summed E-state index contributed by atoms with van der Waals surface area (Å²) in [5.74, 6) is 0. The van der Waals surface area contributed by atoms with E-state index in [-0.39, 0.29) is 0 Å². The molecule has 4 rings (SSSR count). The van der Waals surface area contributed by atoms with Gasteiger partial charge in [-0.2, -0.15) is 0 Å².